The lowest BCUT2D eigenvalue weighted by Gasteiger charge is -2.27. The van der Waals surface area contributed by atoms with Crippen molar-refractivity contribution < 1.29 is 19.1 Å². The number of phenols is 1. The molecule has 22 heavy (non-hydrogen) atoms. The summed E-state index contributed by atoms with van der Waals surface area (Å²) >= 11 is 5.75. The van der Waals surface area contributed by atoms with E-state index in [1.165, 1.54) is 6.07 Å². The number of rotatable bonds is 4. The van der Waals surface area contributed by atoms with Crippen LogP contribution in [0.15, 0.2) is 11.6 Å². The Bertz CT molecular complexity index is 625. The van der Waals surface area contributed by atoms with Crippen LogP contribution in [-0.2, 0) is 4.65 Å². The minimum atomic E-state index is -1.08. The van der Waals surface area contributed by atoms with Crippen LogP contribution in [0.25, 0.3) is 6.08 Å². The lowest BCUT2D eigenvalue weighted by atomic mass is 9.97. The highest BCUT2D eigenvalue weighted by Gasteiger charge is 2.26. The van der Waals surface area contributed by atoms with Gasteiger partial charge in [-0.1, -0.05) is 23.3 Å². The van der Waals surface area contributed by atoms with Gasteiger partial charge in [-0.2, -0.15) is 4.39 Å². The summed E-state index contributed by atoms with van der Waals surface area (Å²) in [4.78, 5) is 11.9. The van der Waals surface area contributed by atoms with Gasteiger partial charge in [0.15, 0.2) is 0 Å². The lowest BCUT2D eigenvalue weighted by Crippen LogP contribution is -2.35. The minimum absolute atomic E-state index is 0.00349. The number of phenolic OH excluding ortho intramolecular Hbond substituents is 1. The number of hydrogen-bond donors (Lipinski definition) is 1. The number of benzene rings is 1. The average Bonchev–Trinajstić information content (AvgIpc) is 2.45. The summed E-state index contributed by atoms with van der Waals surface area (Å²) in [6, 6.07) is 1.20. The Kier molecular flexibility index (Phi) is 5.39. The molecule has 9 heteroatoms. The highest BCUT2D eigenvalue weighted by molar-refractivity contribution is 6.32. The predicted molar refractivity (Wildman–Crippen MR) is 82.7 cm³/mol. The summed E-state index contributed by atoms with van der Waals surface area (Å²) in [5, 5.41) is 20.2. The zero-order valence-electron chi connectivity index (χ0n) is 12.0. The van der Waals surface area contributed by atoms with Gasteiger partial charge in [-0.3, -0.25) is 10.1 Å². The van der Waals surface area contributed by atoms with Crippen LogP contribution in [-0.4, -0.2) is 42.7 Å². The van der Waals surface area contributed by atoms with Crippen molar-refractivity contribution in [2.24, 2.45) is 0 Å². The molecule has 2 rings (SSSR count). The van der Waals surface area contributed by atoms with Gasteiger partial charge < -0.3 is 14.6 Å². The quantitative estimate of drug-likeness (QED) is 0.522. The Balaban J connectivity index is 2.36. The minimum Gasteiger partial charge on any atom is -0.501 e. The summed E-state index contributed by atoms with van der Waals surface area (Å²) in [5.41, 5.74) is -0.0640. The van der Waals surface area contributed by atoms with Crippen LogP contribution in [0.3, 0.4) is 0 Å². The standard InChI is InChI=1S/C13H15BClFN2O4/c1-22-14-17-4-2-3-8(7-17)5-9-6-10(15)13(19)12(11(9)16)18(20)21/h5-6,14,19H,2-4,7H2,1H3/b8-5+. The van der Waals surface area contributed by atoms with E-state index < -0.39 is 22.2 Å². The third kappa shape index (κ3) is 3.57. The number of aromatic hydroxyl groups is 1. The molecule has 118 valence electrons. The zero-order valence-corrected chi connectivity index (χ0v) is 12.8. The topological polar surface area (TPSA) is 75.8 Å². The Morgan fingerprint density at radius 2 is 2.36 bits per heavy atom. The number of nitro benzene ring substituents is 1. The number of nitrogens with zero attached hydrogens (tertiary/aromatic N) is 2. The molecule has 1 aromatic carbocycles. The molecule has 1 aliphatic heterocycles. The van der Waals surface area contributed by atoms with Crippen molar-refractivity contribution >= 4 is 31.0 Å². The first kappa shape index (κ1) is 16.7. The maximum atomic E-state index is 14.2. The number of piperidine rings is 1. The molecule has 6 nitrogen and oxygen atoms in total. The predicted octanol–water partition coefficient (Wildman–Crippen LogP) is 2.49. The molecule has 1 fully saturated rings. The van der Waals surface area contributed by atoms with E-state index in [0.717, 1.165) is 25.0 Å². The second kappa shape index (κ2) is 7.08. The van der Waals surface area contributed by atoms with Gasteiger partial charge in [0.05, 0.1) is 9.95 Å². The second-order valence-corrected chi connectivity index (χ2v) is 5.50. The van der Waals surface area contributed by atoms with Crippen molar-refractivity contribution in [3.63, 3.8) is 0 Å². The van der Waals surface area contributed by atoms with Crippen molar-refractivity contribution in [2.75, 3.05) is 20.2 Å². The summed E-state index contributed by atoms with van der Waals surface area (Å²) < 4.78 is 19.3. The molecule has 0 radical (unpaired) electrons. The molecule has 0 amide bonds. The maximum Gasteiger partial charge on any atom is 0.363 e. The number of halogens is 2. The van der Waals surface area contributed by atoms with Crippen LogP contribution < -0.4 is 0 Å². The molecule has 0 atom stereocenters. The van der Waals surface area contributed by atoms with Gasteiger partial charge in [0.1, 0.15) is 0 Å². The average molecular weight is 329 g/mol. The Morgan fingerprint density at radius 3 is 3.00 bits per heavy atom. The molecule has 0 unspecified atom stereocenters. The zero-order chi connectivity index (χ0) is 16.3. The van der Waals surface area contributed by atoms with Gasteiger partial charge in [-0.25, -0.2) is 0 Å². The lowest BCUT2D eigenvalue weighted by molar-refractivity contribution is -0.388. The van der Waals surface area contributed by atoms with Crippen LogP contribution in [0.1, 0.15) is 18.4 Å². The molecule has 1 aromatic rings. The van der Waals surface area contributed by atoms with Gasteiger partial charge in [0.2, 0.25) is 11.6 Å². The van der Waals surface area contributed by atoms with Crippen LogP contribution >= 0.6 is 11.6 Å². The van der Waals surface area contributed by atoms with Crippen molar-refractivity contribution in [3.05, 3.63) is 38.2 Å². The van der Waals surface area contributed by atoms with Gasteiger partial charge in [-0.15, -0.1) is 0 Å². The molecular weight excluding hydrogens is 313 g/mol. The number of nitro groups is 1. The monoisotopic (exact) mass is 328 g/mol. The van der Waals surface area contributed by atoms with Crippen molar-refractivity contribution in [1.29, 1.82) is 0 Å². The van der Waals surface area contributed by atoms with Crippen molar-refractivity contribution in [3.8, 4) is 5.75 Å². The van der Waals surface area contributed by atoms with Crippen LogP contribution in [0.4, 0.5) is 10.1 Å². The maximum absolute atomic E-state index is 14.2. The van der Waals surface area contributed by atoms with Crippen molar-refractivity contribution in [1.82, 2.24) is 4.81 Å². The van der Waals surface area contributed by atoms with E-state index in [1.54, 1.807) is 13.2 Å². The molecule has 0 spiro atoms. The summed E-state index contributed by atoms with van der Waals surface area (Å²) in [6.45, 7) is 1.48. The fourth-order valence-electron chi connectivity index (χ4n) is 2.50. The van der Waals surface area contributed by atoms with Gasteiger partial charge in [0, 0.05) is 19.2 Å². The molecule has 0 aromatic heterocycles. The van der Waals surface area contributed by atoms with Gasteiger partial charge in [-0.05, 0) is 25.5 Å². The SMILES string of the molecule is COBN1CCC/C(=C\c2cc(Cl)c(O)c([N+](=O)[O-])c2F)C1. The molecule has 0 saturated carbocycles. The van der Waals surface area contributed by atoms with Gasteiger partial charge >= 0.3 is 13.3 Å². The molecule has 1 aliphatic rings. The summed E-state index contributed by atoms with van der Waals surface area (Å²) in [6.07, 6.45) is 3.21. The fourth-order valence-corrected chi connectivity index (χ4v) is 2.71. The van der Waals surface area contributed by atoms with E-state index in [4.69, 9.17) is 16.3 Å². The van der Waals surface area contributed by atoms with Crippen molar-refractivity contribution in [2.45, 2.75) is 12.8 Å². The van der Waals surface area contributed by atoms with E-state index in [-0.39, 0.29) is 10.6 Å². The van der Waals surface area contributed by atoms with E-state index in [2.05, 4.69) is 0 Å². The molecule has 0 aliphatic carbocycles. The highest BCUT2D eigenvalue weighted by atomic mass is 35.5. The third-order valence-electron chi connectivity index (χ3n) is 3.45. The molecule has 1 heterocycles. The smallest absolute Gasteiger partial charge is 0.363 e. The first-order valence-corrected chi connectivity index (χ1v) is 7.08. The Morgan fingerprint density at radius 1 is 1.64 bits per heavy atom. The van der Waals surface area contributed by atoms with Crippen LogP contribution in [0.2, 0.25) is 5.02 Å². The van der Waals surface area contributed by atoms with E-state index in [9.17, 15) is 19.6 Å². The first-order chi connectivity index (χ1) is 10.4. The molecule has 1 saturated heterocycles. The highest BCUT2D eigenvalue weighted by Crippen LogP contribution is 2.38. The third-order valence-corrected chi connectivity index (χ3v) is 3.74. The summed E-state index contributed by atoms with van der Waals surface area (Å²) in [7, 11) is 2.07. The van der Waals surface area contributed by atoms with E-state index >= 15 is 0 Å². The number of hydrogen-bond acceptors (Lipinski definition) is 5. The van der Waals surface area contributed by atoms with E-state index in [0.29, 0.717) is 14.2 Å². The molecule has 1 N–H and O–H groups in total. The molecule has 0 bridgehead atoms. The largest absolute Gasteiger partial charge is 0.501 e. The van der Waals surface area contributed by atoms with Crippen LogP contribution in [0.5, 0.6) is 5.75 Å². The normalized spacial score (nSPS) is 17.7. The van der Waals surface area contributed by atoms with E-state index in [1.807, 2.05) is 4.81 Å². The second-order valence-electron chi connectivity index (χ2n) is 5.09. The fraction of sp³-hybridized carbons (Fsp3) is 0.385. The summed E-state index contributed by atoms with van der Waals surface area (Å²) in [5.74, 6) is -1.93. The Labute approximate surface area is 132 Å². The van der Waals surface area contributed by atoms with Gasteiger partial charge in [0.25, 0.3) is 0 Å². The van der Waals surface area contributed by atoms with Crippen LogP contribution in [0, 0.1) is 15.9 Å². The first-order valence-electron chi connectivity index (χ1n) is 6.70. The molecular formula is C13H15BClFN2O4. The Hall–Kier alpha value is -1.64.